The summed E-state index contributed by atoms with van der Waals surface area (Å²) in [5.74, 6) is 1.05. The maximum Gasteiger partial charge on any atom is 0.290 e. The summed E-state index contributed by atoms with van der Waals surface area (Å²) in [6.45, 7) is 3.34. The highest BCUT2D eigenvalue weighted by Crippen LogP contribution is 2.25. The van der Waals surface area contributed by atoms with E-state index in [9.17, 15) is 10.1 Å². The number of rotatable bonds is 3. The molecule has 1 aliphatic rings. The molecule has 1 aromatic heterocycles. The molecule has 0 aromatic carbocycles. The zero-order chi connectivity index (χ0) is 11.7. The Bertz CT molecular complexity index is 416. The number of aryl methyl sites for hydroxylation is 1. The zero-order valence-electron chi connectivity index (χ0n) is 8.96. The van der Waals surface area contributed by atoms with Gasteiger partial charge in [0.05, 0.1) is 4.92 Å². The van der Waals surface area contributed by atoms with Crippen LogP contribution in [0.3, 0.4) is 0 Å². The van der Waals surface area contributed by atoms with Crippen LogP contribution in [0.15, 0.2) is 12.1 Å². The minimum atomic E-state index is -0.432. The molecule has 0 radical (unpaired) electrons. The molecule has 0 spiro atoms. The first-order valence-electron chi connectivity index (χ1n) is 5.09. The van der Waals surface area contributed by atoms with E-state index in [0.29, 0.717) is 11.6 Å². The van der Waals surface area contributed by atoms with E-state index in [1.165, 1.54) is 6.07 Å². The summed E-state index contributed by atoms with van der Waals surface area (Å²) in [6, 6.07) is 3.13. The van der Waals surface area contributed by atoms with Crippen molar-refractivity contribution in [2.45, 2.75) is 6.92 Å². The molecule has 0 saturated carbocycles. The van der Waals surface area contributed by atoms with Crippen LogP contribution in [0.4, 0.5) is 11.5 Å². The fourth-order valence-corrected chi connectivity index (χ4v) is 1.78. The standard InChI is InChI=1S/C10H13N3O3/c1-7-9(13(15)16)2-3-10(11-7)12-4-8(5-12)6-14/h2-3,8,14H,4-6H2,1H3. The van der Waals surface area contributed by atoms with Crippen LogP contribution in [-0.4, -0.2) is 34.7 Å². The molecule has 0 atom stereocenters. The molecule has 2 heterocycles. The summed E-state index contributed by atoms with van der Waals surface area (Å²) >= 11 is 0. The Morgan fingerprint density at radius 1 is 1.62 bits per heavy atom. The lowest BCUT2D eigenvalue weighted by Gasteiger charge is -2.39. The van der Waals surface area contributed by atoms with Gasteiger partial charge in [0.15, 0.2) is 0 Å². The van der Waals surface area contributed by atoms with Gasteiger partial charge in [-0.1, -0.05) is 0 Å². The summed E-state index contributed by atoms with van der Waals surface area (Å²) in [5, 5.41) is 19.5. The lowest BCUT2D eigenvalue weighted by Crippen LogP contribution is -2.48. The summed E-state index contributed by atoms with van der Waals surface area (Å²) in [5.41, 5.74) is 0.470. The molecule has 16 heavy (non-hydrogen) atoms. The molecule has 0 amide bonds. The quantitative estimate of drug-likeness (QED) is 0.603. The predicted octanol–water partition coefficient (Wildman–Crippen LogP) is 0.727. The number of anilines is 1. The third-order valence-electron chi connectivity index (χ3n) is 2.78. The largest absolute Gasteiger partial charge is 0.396 e. The van der Waals surface area contributed by atoms with Crippen LogP contribution in [0.2, 0.25) is 0 Å². The minimum absolute atomic E-state index is 0.0444. The summed E-state index contributed by atoms with van der Waals surface area (Å²) in [6.07, 6.45) is 0. The summed E-state index contributed by atoms with van der Waals surface area (Å²) < 4.78 is 0. The Labute approximate surface area is 92.7 Å². The van der Waals surface area contributed by atoms with Crippen molar-refractivity contribution in [2.75, 3.05) is 24.6 Å². The molecule has 1 fully saturated rings. The smallest absolute Gasteiger partial charge is 0.290 e. The van der Waals surface area contributed by atoms with Crippen LogP contribution < -0.4 is 4.90 Å². The molecule has 1 aromatic rings. The van der Waals surface area contributed by atoms with Gasteiger partial charge < -0.3 is 10.0 Å². The highest BCUT2D eigenvalue weighted by atomic mass is 16.6. The number of aliphatic hydroxyl groups excluding tert-OH is 1. The number of aliphatic hydroxyl groups is 1. The van der Waals surface area contributed by atoms with Gasteiger partial charge in [0.2, 0.25) is 0 Å². The number of hydrogen-bond donors (Lipinski definition) is 1. The van der Waals surface area contributed by atoms with E-state index >= 15 is 0 Å². The van der Waals surface area contributed by atoms with E-state index in [0.717, 1.165) is 18.9 Å². The van der Waals surface area contributed by atoms with Crippen LogP contribution >= 0.6 is 0 Å². The van der Waals surface area contributed by atoms with Crippen molar-refractivity contribution in [3.05, 3.63) is 27.9 Å². The molecule has 1 N–H and O–H groups in total. The second-order valence-electron chi connectivity index (χ2n) is 3.98. The molecular formula is C10H13N3O3. The Kier molecular flexibility index (Phi) is 2.74. The van der Waals surface area contributed by atoms with Crippen molar-refractivity contribution < 1.29 is 10.0 Å². The number of pyridine rings is 1. The van der Waals surface area contributed by atoms with E-state index in [2.05, 4.69) is 4.98 Å². The lowest BCUT2D eigenvalue weighted by atomic mass is 10.0. The average Bonchev–Trinajstić information content (AvgIpc) is 2.15. The van der Waals surface area contributed by atoms with Crippen LogP contribution in [0.5, 0.6) is 0 Å². The topological polar surface area (TPSA) is 79.5 Å². The van der Waals surface area contributed by atoms with Gasteiger partial charge in [-0.25, -0.2) is 4.98 Å². The van der Waals surface area contributed by atoms with Crippen molar-refractivity contribution in [3.63, 3.8) is 0 Å². The van der Waals surface area contributed by atoms with Gasteiger partial charge in [-0.3, -0.25) is 10.1 Å². The highest BCUT2D eigenvalue weighted by Gasteiger charge is 2.27. The molecule has 0 bridgehead atoms. The number of nitrogens with zero attached hydrogens (tertiary/aromatic N) is 3. The first-order valence-corrected chi connectivity index (χ1v) is 5.09. The van der Waals surface area contributed by atoms with Gasteiger partial charge in [-0.15, -0.1) is 0 Å². The average molecular weight is 223 g/mol. The zero-order valence-corrected chi connectivity index (χ0v) is 8.96. The first kappa shape index (κ1) is 10.8. The SMILES string of the molecule is Cc1nc(N2CC(CO)C2)ccc1[N+](=O)[O-]. The molecule has 86 valence electrons. The molecular weight excluding hydrogens is 210 g/mol. The Hall–Kier alpha value is -1.69. The van der Waals surface area contributed by atoms with Gasteiger partial charge in [0.1, 0.15) is 11.5 Å². The maximum absolute atomic E-state index is 10.6. The van der Waals surface area contributed by atoms with E-state index in [4.69, 9.17) is 5.11 Å². The fourth-order valence-electron chi connectivity index (χ4n) is 1.78. The molecule has 6 heteroatoms. The number of aromatic nitrogens is 1. The molecule has 0 aliphatic carbocycles. The van der Waals surface area contributed by atoms with Crippen molar-refractivity contribution in [1.82, 2.24) is 4.98 Å². The van der Waals surface area contributed by atoms with Gasteiger partial charge >= 0.3 is 0 Å². The van der Waals surface area contributed by atoms with Crippen LogP contribution in [0, 0.1) is 23.0 Å². The third kappa shape index (κ3) is 1.83. The van der Waals surface area contributed by atoms with E-state index in [1.54, 1.807) is 13.0 Å². The molecule has 2 rings (SSSR count). The van der Waals surface area contributed by atoms with E-state index in [-0.39, 0.29) is 12.3 Å². The Morgan fingerprint density at radius 2 is 2.31 bits per heavy atom. The second-order valence-corrected chi connectivity index (χ2v) is 3.98. The van der Waals surface area contributed by atoms with Crippen LogP contribution in [-0.2, 0) is 0 Å². The Balaban J connectivity index is 2.13. The van der Waals surface area contributed by atoms with E-state index < -0.39 is 4.92 Å². The summed E-state index contributed by atoms with van der Waals surface area (Å²) in [4.78, 5) is 16.4. The maximum atomic E-state index is 10.6. The highest BCUT2D eigenvalue weighted by molar-refractivity contribution is 5.48. The lowest BCUT2D eigenvalue weighted by molar-refractivity contribution is -0.385. The second kappa shape index (κ2) is 4.05. The predicted molar refractivity (Wildman–Crippen MR) is 58.4 cm³/mol. The normalized spacial score (nSPS) is 16.0. The molecule has 1 aliphatic heterocycles. The van der Waals surface area contributed by atoms with Crippen LogP contribution in [0.25, 0.3) is 0 Å². The van der Waals surface area contributed by atoms with E-state index in [1.807, 2.05) is 4.90 Å². The van der Waals surface area contributed by atoms with Crippen molar-refractivity contribution >= 4 is 11.5 Å². The molecule has 0 unspecified atom stereocenters. The fraction of sp³-hybridized carbons (Fsp3) is 0.500. The van der Waals surface area contributed by atoms with Gasteiger partial charge in [-0.05, 0) is 13.0 Å². The van der Waals surface area contributed by atoms with Gasteiger partial charge in [0.25, 0.3) is 5.69 Å². The van der Waals surface area contributed by atoms with Crippen LogP contribution in [0.1, 0.15) is 5.69 Å². The Morgan fingerprint density at radius 3 is 2.81 bits per heavy atom. The third-order valence-corrected chi connectivity index (χ3v) is 2.78. The number of nitro groups is 1. The molecule has 1 saturated heterocycles. The monoisotopic (exact) mass is 223 g/mol. The molecule has 6 nitrogen and oxygen atoms in total. The first-order chi connectivity index (χ1) is 7.61. The van der Waals surface area contributed by atoms with Crippen molar-refractivity contribution in [2.24, 2.45) is 5.92 Å². The van der Waals surface area contributed by atoms with Gasteiger partial charge in [0, 0.05) is 31.7 Å². The van der Waals surface area contributed by atoms with Crippen molar-refractivity contribution in [3.8, 4) is 0 Å². The minimum Gasteiger partial charge on any atom is -0.396 e. The summed E-state index contributed by atoms with van der Waals surface area (Å²) in [7, 11) is 0. The van der Waals surface area contributed by atoms with Crippen molar-refractivity contribution in [1.29, 1.82) is 0 Å². The number of hydrogen-bond acceptors (Lipinski definition) is 5. The van der Waals surface area contributed by atoms with Gasteiger partial charge in [-0.2, -0.15) is 0 Å².